The Labute approximate surface area is 135 Å². The third-order valence-electron chi connectivity index (χ3n) is 3.95. The highest BCUT2D eigenvalue weighted by Crippen LogP contribution is 2.18. The van der Waals surface area contributed by atoms with Crippen LogP contribution in [0.2, 0.25) is 0 Å². The number of anilines is 1. The molecule has 22 heavy (non-hydrogen) atoms. The topological polar surface area (TPSA) is 52.6 Å². The number of hydrogen-bond acceptors (Lipinski definition) is 3. The Morgan fingerprint density at radius 3 is 2.45 bits per heavy atom. The number of nitrogens with one attached hydrogen (secondary N) is 1. The Morgan fingerprint density at radius 2 is 1.86 bits per heavy atom. The predicted molar refractivity (Wildman–Crippen MR) is 91.5 cm³/mol. The summed E-state index contributed by atoms with van der Waals surface area (Å²) in [6.07, 6.45) is 1.67. The molecule has 0 saturated carbocycles. The summed E-state index contributed by atoms with van der Waals surface area (Å²) in [6, 6.07) is 8.01. The van der Waals surface area contributed by atoms with Crippen molar-refractivity contribution in [2.45, 2.75) is 25.6 Å². The van der Waals surface area contributed by atoms with Gasteiger partial charge in [-0.15, -0.1) is 0 Å². The molecule has 1 heterocycles. The molecule has 1 aromatic carbocycles. The molecule has 2 rings (SSSR count). The van der Waals surface area contributed by atoms with Crippen molar-refractivity contribution in [3.05, 3.63) is 29.8 Å². The molecule has 0 bridgehead atoms. The van der Waals surface area contributed by atoms with E-state index in [0.717, 1.165) is 37.4 Å². The maximum absolute atomic E-state index is 12.4. The average molecular weight is 323 g/mol. The van der Waals surface area contributed by atoms with Crippen LogP contribution in [-0.4, -0.2) is 58.5 Å². The smallest absolute Gasteiger partial charge is 0.321 e. The van der Waals surface area contributed by atoms with E-state index in [1.807, 2.05) is 29.2 Å². The summed E-state index contributed by atoms with van der Waals surface area (Å²) >= 11 is 0. The lowest BCUT2D eigenvalue weighted by Gasteiger charge is -2.36. The number of piperazine rings is 1. The second-order valence-electron chi connectivity index (χ2n) is 5.92. The third kappa shape index (κ3) is 4.55. The summed E-state index contributed by atoms with van der Waals surface area (Å²) in [5.41, 5.74) is 1.67. The fraction of sp³-hybridized carbons (Fsp3) is 0.562. The molecule has 0 aromatic heterocycles. The maximum atomic E-state index is 12.4. The molecule has 1 N–H and O–H groups in total. The van der Waals surface area contributed by atoms with E-state index in [1.165, 1.54) is 0 Å². The van der Waals surface area contributed by atoms with Crippen LogP contribution < -0.4 is 5.32 Å². The van der Waals surface area contributed by atoms with E-state index in [1.54, 1.807) is 6.26 Å². The average Bonchev–Trinajstić information content (AvgIpc) is 2.48. The van der Waals surface area contributed by atoms with Gasteiger partial charge in [0.05, 0.1) is 5.75 Å². The molecule has 0 radical (unpaired) electrons. The normalized spacial score (nSPS) is 17.5. The molecule has 0 spiro atoms. The van der Waals surface area contributed by atoms with Gasteiger partial charge in [-0.25, -0.2) is 4.79 Å². The quantitative estimate of drug-likeness (QED) is 0.923. The molecule has 2 amide bonds. The highest BCUT2D eigenvalue weighted by molar-refractivity contribution is 7.83. The molecule has 1 aliphatic rings. The second-order valence-corrected chi connectivity index (χ2v) is 7.36. The van der Waals surface area contributed by atoms with Crippen molar-refractivity contribution < 1.29 is 9.00 Å². The van der Waals surface area contributed by atoms with Crippen LogP contribution in [-0.2, 0) is 16.6 Å². The minimum absolute atomic E-state index is 0.0715. The minimum Gasteiger partial charge on any atom is -0.322 e. The van der Waals surface area contributed by atoms with Crippen LogP contribution in [0.15, 0.2) is 24.3 Å². The Kier molecular flexibility index (Phi) is 5.97. The van der Waals surface area contributed by atoms with Crippen LogP contribution in [0.4, 0.5) is 10.5 Å². The van der Waals surface area contributed by atoms with Crippen LogP contribution in [0, 0.1) is 0 Å². The SMILES string of the molecule is CC(C)N1CCN(C(=O)Nc2ccccc2C[S@@](C)=O)CC1. The number of hydrogen-bond donors (Lipinski definition) is 1. The van der Waals surface area contributed by atoms with Gasteiger partial charge in [-0.2, -0.15) is 0 Å². The van der Waals surface area contributed by atoms with Gasteiger partial charge in [0.2, 0.25) is 0 Å². The van der Waals surface area contributed by atoms with Gasteiger partial charge in [0.25, 0.3) is 0 Å². The first kappa shape index (κ1) is 17.0. The zero-order valence-electron chi connectivity index (χ0n) is 13.5. The molecule has 122 valence electrons. The summed E-state index contributed by atoms with van der Waals surface area (Å²) in [6.45, 7) is 7.66. The molecule has 6 heteroatoms. The summed E-state index contributed by atoms with van der Waals surface area (Å²) in [4.78, 5) is 16.6. The summed E-state index contributed by atoms with van der Waals surface area (Å²) in [7, 11) is -0.928. The minimum atomic E-state index is -0.928. The Hall–Kier alpha value is -1.40. The lowest BCUT2D eigenvalue weighted by Crippen LogP contribution is -2.51. The van der Waals surface area contributed by atoms with Crippen LogP contribution in [0.3, 0.4) is 0 Å². The Morgan fingerprint density at radius 1 is 1.23 bits per heavy atom. The van der Waals surface area contributed by atoms with Gasteiger partial charge in [-0.1, -0.05) is 18.2 Å². The highest BCUT2D eigenvalue weighted by Gasteiger charge is 2.22. The van der Waals surface area contributed by atoms with Gasteiger partial charge in [0.15, 0.2) is 0 Å². The largest absolute Gasteiger partial charge is 0.322 e. The van der Waals surface area contributed by atoms with Gasteiger partial charge in [0, 0.05) is 55.0 Å². The molecule has 0 aliphatic carbocycles. The summed E-state index contributed by atoms with van der Waals surface area (Å²) in [5, 5.41) is 2.96. The fourth-order valence-corrected chi connectivity index (χ4v) is 3.31. The third-order valence-corrected chi connectivity index (χ3v) is 4.67. The number of benzene rings is 1. The molecule has 1 fully saturated rings. The van der Waals surface area contributed by atoms with Gasteiger partial charge in [-0.3, -0.25) is 9.11 Å². The lowest BCUT2D eigenvalue weighted by atomic mass is 10.2. The predicted octanol–water partition coefficient (Wildman–Crippen LogP) is 2.12. The Bertz CT molecular complexity index is 540. The summed E-state index contributed by atoms with van der Waals surface area (Å²) in [5.74, 6) is 0.456. The van der Waals surface area contributed by atoms with Gasteiger partial charge < -0.3 is 10.2 Å². The van der Waals surface area contributed by atoms with E-state index in [0.29, 0.717) is 11.8 Å². The number of amides is 2. The number of carbonyl (C=O) groups excluding carboxylic acids is 1. The molecule has 1 aliphatic heterocycles. The molecule has 1 saturated heterocycles. The van der Waals surface area contributed by atoms with E-state index in [2.05, 4.69) is 24.1 Å². The lowest BCUT2D eigenvalue weighted by molar-refractivity contribution is 0.125. The standard InChI is InChI=1S/C16H25N3O2S/c1-13(2)18-8-10-19(11-9-18)16(20)17-15-7-5-4-6-14(15)12-22(3)21/h4-7,13H,8-12H2,1-3H3,(H,17,20)/t22-/m1/s1. The van der Waals surface area contributed by atoms with Gasteiger partial charge in [0.1, 0.15) is 0 Å². The fourth-order valence-electron chi connectivity index (χ4n) is 2.62. The molecular formula is C16H25N3O2S. The van der Waals surface area contributed by atoms with Crippen molar-refractivity contribution >= 4 is 22.5 Å². The number of carbonyl (C=O) groups is 1. The van der Waals surface area contributed by atoms with Crippen molar-refractivity contribution in [1.29, 1.82) is 0 Å². The number of urea groups is 1. The number of nitrogens with zero attached hydrogens (tertiary/aromatic N) is 2. The molecule has 1 atom stereocenters. The van der Waals surface area contributed by atoms with E-state index in [-0.39, 0.29) is 6.03 Å². The first-order valence-corrected chi connectivity index (χ1v) is 9.38. The zero-order valence-corrected chi connectivity index (χ0v) is 14.4. The number of rotatable bonds is 4. The molecule has 5 nitrogen and oxygen atoms in total. The molecule has 0 unspecified atom stereocenters. The van der Waals surface area contributed by atoms with Crippen molar-refractivity contribution in [2.75, 3.05) is 37.8 Å². The Balaban J connectivity index is 1.97. The number of para-hydroxylation sites is 1. The first-order valence-electron chi connectivity index (χ1n) is 7.65. The van der Waals surface area contributed by atoms with Crippen molar-refractivity contribution in [3.63, 3.8) is 0 Å². The van der Waals surface area contributed by atoms with Crippen molar-refractivity contribution in [1.82, 2.24) is 9.80 Å². The van der Waals surface area contributed by atoms with Crippen LogP contribution in [0.1, 0.15) is 19.4 Å². The van der Waals surface area contributed by atoms with Crippen LogP contribution in [0.5, 0.6) is 0 Å². The van der Waals surface area contributed by atoms with E-state index >= 15 is 0 Å². The first-order chi connectivity index (χ1) is 10.5. The monoisotopic (exact) mass is 323 g/mol. The van der Waals surface area contributed by atoms with Crippen molar-refractivity contribution in [2.24, 2.45) is 0 Å². The van der Waals surface area contributed by atoms with Crippen molar-refractivity contribution in [3.8, 4) is 0 Å². The van der Waals surface area contributed by atoms with E-state index in [9.17, 15) is 9.00 Å². The highest BCUT2D eigenvalue weighted by atomic mass is 32.2. The van der Waals surface area contributed by atoms with Gasteiger partial charge >= 0.3 is 6.03 Å². The van der Waals surface area contributed by atoms with Crippen LogP contribution >= 0.6 is 0 Å². The summed E-state index contributed by atoms with van der Waals surface area (Å²) < 4.78 is 11.4. The van der Waals surface area contributed by atoms with Gasteiger partial charge in [-0.05, 0) is 25.5 Å². The van der Waals surface area contributed by atoms with Crippen LogP contribution in [0.25, 0.3) is 0 Å². The van der Waals surface area contributed by atoms with E-state index in [4.69, 9.17) is 0 Å². The van der Waals surface area contributed by atoms with E-state index < -0.39 is 10.8 Å². The molecular weight excluding hydrogens is 298 g/mol. The molecule has 1 aromatic rings. The zero-order chi connectivity index (χ0) is 16.1. The maximum Gasteiger partial charge on any atom is 0.321 e. The second kappa shape index (κ2) is 7.74.